The predicted octanol–water partition coefficient (Wildman–Crippen LogP) is 3.88. The molecule has 1 aromatic carbocycles. The van der Waals surface area contributed by atoms with Gasteiger partial charge in [-0.05, 0) is 53.8 Å². The van der Waals surface area contributed by atoms with E-state index in [1.54, 1.807) is 10.4 Å². The van der Waals surface area contributed by atoms with Crippen LogP contribution < -0.4 is 10.6 Å². The number of aryl methyl sites for hydroxylation is 1. The van der Waals surface area contributed by atoms with Crippen LogP contribution in [0.5, 0.6) is 0 Å². The van der Waals surface area contributed by atoms with Gasteiger partial charge in [0.25, 0.3) is 0 Å². The molecule has 3 heteroatoms. The van der Waals surface area contributed by atoms with Crippen LogP contribution in [0.25, 0.3) is 0 Å². The topological polar surface area (TPSA) is 24.1 Å². The Kier molecular flexibility index (Phi) is 3.25. The Bertz CT molecular complexity index is 617. The molecule has 0 saturated carbocycles. The van der Waals surface area contributed by atoms with Crippen LogP contribution in [0.2, 0.25) is 0 Å². The van der Waals surface area contributed by atoms with E-state index in [1.165, 1.54) is 42.5 Å². The molecule has 0 amide bonds. The highest BCUT2D eigenvalue weighted by atomic mass is 32.1. The molecule has 0 saturated heterocycles. The SMILES string of the molecule is c1cc2c(c(CNC3CCCc4sccc43)c1)NCC2. The molecule has 0 bridgehead atoms. The van der Waals surface area contributed by atoms with Crippen LogP contribution in [0.3, 0.4) is 0 Å². The third kappa shape index (κ3) is 2.15. The number of anilines is 1. The lowest BCUT2D eigenvalue weighted by atomic mass is 9.94. The van der Waals surface area contributed by atoms with Gasteiger partial charge in [-0.2, -0.15) is 0 Å². The second kappa shape index (κ2) is 5.23. The van der Waals surface area contributed by atoms with E-state index in [0.29, 0.717) is 6.04 Å². The highest BCUT2D eigenvalue weighted by Crippen LogP contribution is 2.34. The second-order valence-electron chi connectivity index (χ2n) is 5.75. The molecule has 104 valence electrons. The first-order valence-corrected chi connectivity index (χ1v) is 8.44. The summed E-state index contributed by atoms with van der Waals surface area (Å²) in [7, 11) is 0. The molecule has 0 fully saturated rings. The normalized spacial score (nSPS) is 20.3. The molecule has 20 heavy (non-hydrogen) atoms. The smallest absolute Gasteiger partial charge is 0.0419 e. The third-order valence-electron chi connectivity index (χ3n) is 4.52. The van der Waals surface area contributed by atoms with Crippen LogP contribution in [-0.4, -0.2) is 6.54 Å². The number of hydrogen-bond donors (Lipinski definition) is 2. The average molecular weight is 284 g/mol. The summed E-state index contributed by atoms with van der Waals surface area (Å²) in [6, 6.07) is 9.55. The zero-order chi connectivity index (χ0) is 13.4. The van der Waals surface area contributed by atoms with Gasteiger partial charge in [0.2, 0.25) is 0 Å². The van der Waals surface area contributed by atoms with Crippen molar-refractivity contribution in [3.05, 3.63) is 51.2 Å². The summed E-state index contributed by atoms with van der Waals surface area (Å²) in [5, 5.41) is 9.55. The monoisotopic (exact) mass is 284 g/mol. The van der Waals surface area contributed by atoms with Crippen LogP contribution in [0.15, 0.2) is 29.6 Å². The molecule has 2 aromatic rings. The van der Waals surface area contributed by atoms with Crippen molar-refractivity contribution in [1.82, 2.24) is 5.32 Å². The Morgan fingerprint density at radius 2 is 2.25 bits per heavy atom. The van der Waals surface area contributed by atoms with Crippen LogP contribution >= 0.6 is 11.3 Å². The summed E-state index contributed by atoms with van der Waals surface area (Å²) in [5.74, 6) is 0. The molecular weight excluding hydrogens is 264 g/mol. The first-order valence-electron chi connectivity index (χ1n) is 7.56. The molecular formula is C17H20N2S. The molecule has 1 atom stereocenters. The third-order valence-corrected chi connectivity index (χ3v) is 5.52. The second-order valence-corrected chi connectivity index (χ2v) is 6.75. The van der Waals surface area contributed by atoms with Gasteiger partial charge in [-0.15, -0.1) is 11.3 Å². The van der Waals surface area contributed by atoms with Crippen molar-refractivity contribution in [3.8, 4) is 0 Å². The fourth-order valence-electron chi connectivity index (χ4n) is 3.49. The maximum atomic E-state index is 3.78. The fraction of sp³-hybridized carbons (Fsp3) is 0.412. The summed E-state index contributed by atoms with van der Waals surface area (Å²) in [5.41, 5.74) is 5.81. The van der Waals surface area contributed by atoms with Gasteiger partial charge in [0.15, 0.2) is 0 Å². The van der Waals surface area contributed by atoms with Crippen LogP contribution in [0, 0.1) is 0 Å². The van der Waals surface area contributed by atoms with E-state index in [4.69, 9.17) is 0 Å². The van der Waals surface area contributed by atoms with Gasteiger partial charge in [-0.1, -0.05) is 18.2 Å². The molecule has 4 rings (SSSR count). The van der Waals surface area contributed by atoms with Gasteiger partial charge in [0.1, 0.15) is 0 Å². The Morgan fingerprint density at radius 1 is 1.25 bits per heavy atom. The fourth-order valence-corrected chi connectivity index (χ4v) is 4.48. The predicted molar refractivity (Wildman–Crippen MR) is 85.5 cm³/mol. The van der Waals surface area contributed by atoms with Gasteiger partial charge in [-0.25, -0.2) is 0 Å². The zero-order valence-corrected chi connectivity index (χ0v) is 12.4. The Labute approximate surface area is 124 Å². The highest BCUT2D eigenvalue weighted by molar-refractivity contribution is 7.10. The summed E-state index contributed by atoms with van der Waals surface area (Å²) in [4.78, 5) is 1.59. The van der Waals surface area contributed by atoms with E-state index in [9.17, 15) is 0 Å². The maximum absolute atomic E-state index is 3.78. The molecule has 0 radical (unpaired) electrons. The number of thiophene rings is 1. The van der Waals surface area contributed by atoms with Gasteiger partial charge in [-0.3, -0.25) is 0 Å². The average Bonchev–Trinajstić information content (AvgIpc) is 3.13. The van der Waals surface area contributed by atoms with E-state index in [-0.39, 0.29) is 0 Å². The molecule has 0 spiro atoms. The number of benzene rings is 1. The molecule has 2 heterocycles. The molecule has 2 aliphatic rings. The Balaban J connectivity index is 1.51. The first kappa shape index (κ1) is 12.4. The number of nitrogens with one attached hydrogen (secondary N) is 2. The van der Waals surface area contributed by atoms with Gasteiger partial charge in [0.05, 0.1) is 0 Å². The summed E-state index contributed by atoms with van der Waals surface area (Å²) < 4.78 is 0. The Hall–Kier alpha value is -1.32. The van der Waals surface area contributed by atoms with Crippen molar-refractivity contribution in [2.75, 3.05) is 11.9 Å². The minimum absolute atomic E-state index is 0.544. The molecule has 2 nitrogen and oxygen atoms in total. The van der Waals surface area contributed by atoms with E-state index in [2.05, 4.69) is 40.3 Å². The first-order chi connectivity index (χ1) is 9.92. The van der Waals surface area contributed by atoms with Crippen molar-refractivity contribution in [1.29, 1.82) is 0 Å². The largest absolute Gasteiger partial charge is 0.384 e. The van der Waals surface area contributed by atoms with Crippen LogP contribution in [0.1, 0.15) is 40.5 Å². The minimum Gasteiger partial charge on any atom is -0.384 e. The number of para-hydroxylation sites is 1. The molecule has 1 aliphatic heterocycles. The molecule has 1 aromatic heterocycles. The van der Waals surface area contributed by atoms with Gasteiger partial charge >= 0.3 is 0 Å². The van der Waals surface area contributed by atoms with E-state index in [1.807, 2.05) is 11.3 Å². The minimum atomic E-state index is 0.544. The zero-order valence-electron chi connectivity index (χ0n) is 11.6. The van der Waals surface area contributed by atoms with Gasteiger partial charge < -0.3 is 10.6 Å². The highest BCUT2D eigenvalue weighted by Gasteiger charge is 2.21. The van der Waals surface area contributed by atoms with Crippen molar-refractivity contribution in [3.63, 3.8) is 0 Å². The van der Waals surface area contributed by atoms with E-state index >= 15 is 0 Å². The van der Waals surface area contributed by atoms with Crippen molar-refractivity contribution in [2.24, 2.45) is 0 Å². The van der Waals surface area contributed by atoms with Crippen molar-refractivity contribution < 1.29 is 0 Å². The lowest BCUT2D eigenvalue weighted by Gasteiger charge is -2.24. The van der Waals surface area contributed by atoms with E-state index < -0.39 is 0 Å². The number of fused-ring (bicyclic) bond motifs is 2. The molecule has 2 N–H and O–H groups in total. The number of hydrogen-bond acceptors (Lipinski definition) is 3. The lowest BCUT2D eigenvalue weighted by Crippen LogP contribution is -2.24. The van der Waals surface area contributed by atoms with E-state index in [0.717, 1.165) is 13.1 Å². The summed E-state index contributed by atoms with van der Waals surface area (Å²) in [6.45, 7) is 2.06. The van der Waals surface area contributed by atoms with Gasteiger partial charge in [0, 0.05) is 29.7 Å². The molecule has 1 aliphatic carbocycles. The van der Waals surface area contributed by atoms with Crippen LogP contribution in [0.4, 0.5) is 5.69 Å². The Morgan fingerprint density at radius 3 is 3.25 bits per heavy atom. The van der Waals surface area contributed by atoms with Crippen molar-refractivity contribution >= 4 is 17.0 Å². The number of rotatable bonds is 3. The quantitative estimate of drug-likeness (QED) is 0.893. The maximum Gasteiger partial charge on any atom is 0.0419 e. The molecule has 1 unspecified atom stereocenters. The lowest BCUT2D eigenvalue weighted by molar-refractivity contribution is 0.463. The summed E-state index contributed by atoms with van der Waals surface area (Å²) in [6.07, 6.45) is 5.03. The standard InChI is InChI=1S/C17H20N2S/c1-3-12-7-9-18-17(12)13(4-1)11-19-15-5-2-6-16-14(15)8-10-20-16/h1,3-4,8,10,15,18-19H,2,5-7,9,11H2. The van der Waals surface area contributed by atoms with Crippen LogP contribution in [-0.2, 0) is 19.4 Å². The van der Waals surface area contributed by atoms with Crippen molar-refractivity contribution in [2.45, 2.75) is 38.3 Å². The summed E-state index contributed by atoms with van der Waals surface area (Å²) >= 11 is 1.92.